The molecular formula is C30H30O4S2. The van der Waals surface area contributed by atoms with Gasteiger partial charge in [-0.05, 0) is 58.4 Å². The highest BCUT2D eigenvalue weighted by Crippen LogP contribution is 2.38. The lowest BCUT2D eigenvalue weighted by molar-refractivity contribution is 0.583. The van der Waals surface area contributed by atoms with Crippen LogP contribution in [0.3, 0.4) is 0 Å². The molecular weight excluding hydrogens is 488 g/mol. The van der Waals surface area contributed by atoms with E-state index < -0.39 is 17.7 Å². The van der Waals surface area contributed by atoms with Gasteiger partial charge in [0.05, 0.1) is 9.79 Å². The summed E-state index contributed by atoms with van der Waals surface area (Å²) in [5.41, 5.74) is 3.91. The van der Waals surface area contributed by atoms with Crippen LogP contribution in [0.2, 0.25) is 0 Å². The molecule has 0 atom stereocenters. The average Bonchev–Trinajstić information content (AvgIpc) is 2.88. The predicted octanol–water partition coefficient (Wildman–Crippen LogP) is 7.43. The van der Waals surface area contributed by atoms with Crippen LogP contribution in [0.25, 0.3) is 22.3 Å². The van der Waals surface area contributed by atoms with Gasteiger partial charge in [0.25, 0.3) is 17.7 Å². The summed E-state index contributed by atoms with van der Waals surface area (Å²) in [6.45, 7) is 8.05. The van der Waals surface area contributed by atoms with E-state index >= 15 is 0 Å². The number of rotatable bonds is 7. The van der Waals surface area contributed by atoms with Crippen molar-refractivity contribution in [1.82, 2.24) is 0 Å². The van der Waals surface area contributed by atoms with Gasteiger partial charge in [-0.25, -0.2) is 16.8 Å². The lowest BCUT2D eigenvalue weighted by Crippen LogP contribution is -2.18. The first kappa shape index (κ1) is 25.9. The highest BCUT2D eigenvalue weighted by atomic mass is 33.2. The summed E-state index contributed by atoms with van der Waals surface area (Å²) in [7, 11) is -9.61. The van der Waals surface area contributed by atoms with Gasteiger partial charge in [0.15, 0.2) is 0 Å². The summed E-state index contributed by atoms with van der Waals surface area (Å²) >= 11 is 0. The van der Waals surface area contributed by atoms with Crippen LogP contribution in [0.15, 0.2) is 107 Å². The number of hydrogen-bond donors (Lipinski definition) is 0. The molecule has 4 nitrogen and oxygen atoms in total. The fraction of sp³-hybridized carbons (Fsp3) is 0.200. The fourth-order valence-electron chi connectivity index (χ4n) is 4.17. The van der Waals surface area contributed by atoms with Gasteiger partial charge in [-0.15, -0.1) is 0 Å². The van der Waals surface area contributed by atoms with E-state index in [1.165, 1.54) is 12.1 Å². The van der Waals surface area contributed by atoms with Crippen molar-refractivity contribution in [1.29, 1.82) is 0 Å². The van der Waals surface area contributed by atoms with Crippen molar-refractivity contribution in [2.45, 2.75) is 49.3 Å². The van der Waals surface area contributed by atoms with E-state index in [0.717, 1.165) is 11.1 Å². The first-order chi connectivity index (χ1) is 17.0. The third kappa shape index (κ3) is 4.75. The van der Waals surface area contributed by atoms with Crippen molar-refractivity contribution < 1.29 is 16.8 Å². The van der Waals surface area contributed by atoms with Gasteiger partial charge >= 0.3 is 0 Å². The van der Waals surface area contributed by atoms with Crippen molar-refractivity contribution in [2.75, 3.05) is 0 Å². The van der Waals surface area contributed by atoms with Gasteiger partial charge in [0.1, 0.15) is 0 Å². The molecule has 0 saturated carbocycles. The molecule has 0 aliphatic rings. The van der Waals surface area contributed by atoms with Crippen molar-refractivity contribution in [3.8, 4) is 22.3 Å². The third-order valence-corrected chi connectivity index (χ3v) is 11.5. The summed E-state index contributed by atoms with van der Waals surface area (Å²) in [6, 6.07) is 27.9. The molecule has 0 aliphatic carbocycles. The topological polar surface area (TPSA) is 68.3 Å². The minimum atomic E-state index is -4.80. The van der Waals surface area contributed by atoms with E-state index in [1.807, 2.05) is 39.8 Å². The molecule has 4 rings (SSSR count). The zero-order valence-corrected chi connectivity index (χ0v) is 22.5. The fourth-order valence-corrected chi connectivity index (χ4v) is 8.30. The molecule has 0 aliphatic heterocycles. The van der Waals surface area contributed by atoms with Gasteiger partial charge in [0.2, 0.25) is 0 Å². The Morgan fingerprint density at radius 2 is 0.806 bits per heavy atom. The van der Waals surface area contributed by atoms with E-state index in [-0.39, 0.29) is 21.6 Å². The molecule has 0 heterocycles. The zero-order chi connectivity index (χ0) is 26.1. The van der Waals surface area contributed by atoms with E-state index in [0.29, 0.717) is 22.3 Å². The summed E-state index contributed by atoms with van der Waals surface area (Å²) < 4.78 is 55.8. The van der Waals surface area contributed by atoms with Crippen LogP contribution in [0.5, 0.6) is 0 Å². The molecule has 0 aromatic heterocycles. The normalized spacial score (nSPS) is 12.3. The molecule has 0 amide bonds. The van der Waals surface area contributed by atoms with E-state index in [1.54, 1.807) is 72.8 Å². The van der Waals surface area contributed by atoms with Crippen LogP contribution in [-0.4, -0.2) is 16.8 Å². The summed E-state index contributed by atoms with van der Waals surface area (Å²) in [4.78, 5) is -0.435. The molecule has 0 unspecified atom stereocenters. The Balaban J connectivity index is 1.98. The second-order valence-electron chi connectivity index (χ2n) is 9.46. The quantitative estimate of drug-likeness (QED) is 0.239. The second kappa shape index (κ2) is 10.0. The van der Waals surface area contributed by atoms with Crippen molar-refractivity contribution in [2.24, 2.45) is 0 Å². The first-order valence-electron chi connectivity index (χ1n) is 11.9. The van der Waals surface area contributed by atoms with Crippen LogP contribution < -0.4 is 0 Å². The summed E-state index contributed by atoms with van der Waals surface area (Å²) in [5, 5.41) is 0. The molecule has 6 heteroatoms. The molecule has 4 aromatic carbocycles. The Hall–Kier alpha value is -3.22. The molecule has 0 bridgehead atoms. The van der Waals surface area contributed by atoms with Gasteiger partial charge < -0.3 is 0 Å². The third-order valence-electron chi connectivity index (χ3n) is 6.34. The molecule has 0 fully saturated rings. The maximum atomic E-state index is 13.9. The molecule has 36 heavy (non-hydrogen) atoms. The van der Waals surface area contributed by atoms with Crippen molar-refractivity contribution in [3.63, 3.8) is 0 Å². The Kier molecular flexibility index (Phi) is 7.21. The Labute approximate surface area is 213 Å². The van der Waals surface area contributed by atoms with E-state index in [9.17, 15) is 16.8 Å². The lowest BCUT2D eigenvalue weighted by Gasteiger charge is -2.17. The minimum absolute atomic E-state index is 0.147. The highest BCUT2D eigenvalue weighted by Gasteiger charge is 2.38. The molecule has 0 N–H and O–H groups in total. The average molecular weight is 519 g/mol. The maximum Gasteiger partial charge on any atom is 0.287 e. The summed E-state index contributed by atoms with van der Waals surface area (Å²) in [6.07, 6.45) is 0. The number of hydrogen-bond acceptors (Lipinski definition) is 4. The van der Waals surface area contributed by atoms with Crippen molar-refractivity contribution >= 4 is 17.7 Å². The van der Waals surface area contributed by atoms with Crippen LogP contribution in [0, 0.1) is 0 Å². The van der Waals surface area contributed by atoms with E-state index in [4.69, 9.17) is 0 Å². The molecule has 0 spiro atoms. The first-order valence-corrected chi connectivity index (χ1v) is 15.4. The standard InChI is InChI=1S/C30H30O4S2/c1-21(2)25-15-17-29(27(19-25)23-11-7-5-8-12-23)35(31,32)36(33,34)30-18-16-26(22(3)4)20-28(30)24-13-9-6-10-14-24/h5-22H,1-4H3. The summed E-state index contributed by atoms with van der Waals surface area (Å²) in [5.74, 6) is 0.295. The lowest BCUT2D eigenvalue weighted by atomic mass is 9.97. The van der Waals surface area contributed by atoms with Crippen LogP contribution in [0.1, 0.15) is 50.7 Å². The van der Waals surface area contributed by atoms with Gasteiger partial charge in [0, 0.05) is 11.1 Å². The van der Waals surface area contributed by atoms with Crippen LogP contribution in [0.4, 0.5) is 0 Å². The largest absolute Gasteiger partial charge is 0.287 e. The van der Waals surface area contributed by atoms with Gasteiger partial charge in [-0.2, -0.15) is 0 Å². The monoisotopic (exact) mass is 518 g/mol. The maximum absolute atomic E-state index is 13.9. The highest BCUT2D eigenvalue weighted by molar-refractivity contribution is 8.67. The van der Waals surface area contributed by atoms with Gasteiger partial charge in [-0.1, -0.05) is 100 Å². The minimum Gasteiger partial charge on any atom is -0.207 e. The van der Waals surface area contributed by atoms with E-state index in [2.05, 4.69) is 0 Å². The SMILES string of the molecule is CC(C)c1ccc(S(=O)(=O)S(=O)(=O)c2ccc(C(C)C)cc2-c2ccccc2)c(-c2ccccc2)c1. The molecule has 0 radical (unpaired) electrons. The number of benzene rings is 4. The Morgan fingerprint density at radius 3 is 1.11 bits per heavy atom. The van der Waals surface area contributed by atoms with Gasteiger partial charge in [-0.3, -0.25) is 0 Å². The predicted molar refractivity (Wildman–Crippen MR) is 146 cm³/mol. The van der Waals surface area contributed by atoms with Crippen LogP contribution >= 0.6 is 0 Å². The second-order valence-corrected chi connectivity index (χ2v) is 14.8. The molecule has 0 saturated heterocycles. The molecule has 4 aromatic rings. The Bertz CT molecular complexity index is 1460. The van der Waals surface area contributed by atoms with Crippen LogP contribution in [-0.2, 0) is 17.7 Å². The zero-order valence-electron chi connectivity index (χ0n) is 20.8. The van der Waals surface area contributed by atoms with Crippen molar-refractivity contribution in [3.05, 3.63) is 108 Å². The Morgan fingerprint density at radius 1 is 0.472 bits per heavy atom. The molecule has 186 valence electrons. The smallest absolute Gasteiger partial charge is 0.207 e.